The van der Waals surface area contributed by atoms with Crippen LogP contribution in [0.1, 0.15) is 24.9 Å². The zero-order valence-electron chi connectivity index (χ0n) is 11.8. The Morgan fingerprint density at radius 1 is 1.62 bits per heavy atom. The summed E-state index contributed by atoms with van der Waals surface area (Å²) in [6.45, 7) is 3.10. The summed E-state index contributed by atoms with van der Waals surface area (Å²) >= 11 is 11.3. The van der Waals surface area contributed by atoms with Crippen molar-refractivity contribution in [2.24, 2.45) is 0 Å². The zero-order chi connectivity index (χ0) is 15.2. The van der Waals surface area contributed by atoms with Crippen LogP contribution in [0.2, 0.25) is 5.02 Å². The lowest BCUT2D eigenvalue weighted by Gasteiger charge is -2.52. The SMILES string of the molecule is COCCN1C(=S)NC2CC1(C)Oc1ccc(Cl)c(F)c12. The number of hydrogen-bond acceptors (Lipinski definition) is 3. The summed E-state index contributed by atoms with van der Waals surface area (Å²) in [5.41, 5.74) is -0.160. The second kappa shape index (κ2) is 5.26. The van der Waals surface area contributed by atoms with Gasteiger partial charge in [0, 0.05) is 20.1 Å². The standard InChI is InChI=1S/C14H16ClFN2O2S/c1-14-7-9(17-13(21)18(14)5-6-19-2)11-10(20-14)4-3-8(15)12(11)16/h3-4,9H,5-7H2,1-2H3,(H,17,21). The number of thiocarbonyl (C=S) groups is 1. The molecule has 0 aliphatic carbocycles. The molecule has 1 fully saturated rings. The lowest BCUT2D eigenvalue weighted by molar-refractivity contribution is -0.0748. The Morgan fingerprint density at radius 3 is 3.10 bits per heavy atom. The molecule has 2 atom stereocenters. The number of ether oxygens (including phenoxy) is 2. The molecule has 0 radical (unpaired) electrons. The highest BCUT2D eigenvalue weighted by Crippen LogP contribution is 2.46. The number of methoxy groups -OCH3 is 1. The van der Waals surface area contributed by atoms with Crippen LogP contribution in [0.3, 0.4) is 0 Å². The van der Waals surface area contributed by atoms with Gasteiger partial charge in [-0.3, -0.25) is 0 Å². The number of hydrogen-bond donors (Lipinski definition) is 1. The average molecular weight is 331 g/mol. The summed E-state index contributed by atoms with van der Waals surface area (Å²) in [5.74, 6) is 0.0647. The molecular weight excluding hydrogens is 315 g/mol. The molecule has 7 heteroatoms. The van der Waals surface area contributed by atoms with Crippen LogP contribution >= 0.6 is 23.8 Å². The van der Waals surface area contributed by atoms with E-state index >= 15 is 0 Å². The highest BCUT2D eigenvalue weighted by Gasteiger charge is 2.48. The summed E-state index contributed by atoms with van der Waals surface area (Å²) < 4.78 is 25.5. The average Bonchev–Trinajstić information content (AvgIpc) is 2.42. The van der Waals surface area contributed by atoms with E-state index in [1.54, 1.807) is 13.2 Å². The fraction of sp³-hybridized carbons (Fsp3) is 0.500. The van der Waals surface area contributed by atoms with Crippen LogP contribution in [0.15, 0.2) is 12.1 Å². The molecule has 2 unspecified atom stereocenters. The first-order chi connectivity index (χ1) is 9.96. The van der Waals surface area contributed by atoms with Crippen molar-refractivity contribution in [3.05, 3.63) is 28.5 Å². The Balaban J connectivity index is 2.01. The molecule has 2 aliphatic heterocycles. The van der Waals surface area contributed by atoms with Crippen molar-refractivity contribution < 1.29 is 13.9 Å². The fourth-order valence-corrected chi connectivity index (χ4v) is 3.56. The van der Waals surface area contributed by atoms with E-state index < -0.39 is 11.5 Å². The van der Waals surface area contributed by atoms with Crippen LogP contribution in [-0.2, 0) is 4.74 Å². The third-order valence-corrected chi connectivity index (χ3v) is 4.62. The molecule has 2 aliphatic rings. The largest absolute Gasteiger partial charge is 0.468 e. The number of halogens is 2. The third kappa shape index (κ3) is 2.35. The van der Waals surface area contributed by atoms with Gasteiger partial charge < -0.3 is 19.7 Å². The number of fused-ring (bicyclic) bond motifs is 4. The summed E-state index contributed by atoms with van der Waals surface area (Å²) in [6, 6.07) is 2.98. The van der Waals surface area contributed by atoms with Crippen molar-refractivity contribution in [2.75, 3.05) is 20.3 Å². The Morgan fingerprint density at radius 2 is 2.38 bits per heavy atom. The van der Waals surface area contributed by atoms with Crippen molar-refractivity contribution in [1.82, 2.24) is 10.2 Å². The molecular formula is C14H16ClFN2O2S. The molecule has 2 heterocycles. The van der Waals surface area contributed by atoms with Gasteiger partial charge in [0.25, 0.3) is 0 Å². The van der Waals surface area contributed by atoms with Crippen LogP contribution in [0, 0.1) is 5.82 Å². The van der Waals surface area contributed by atoms with Crippen LogP contribution in [0.4, 0.5) is 4.39 Å². The highest BCUT2D eigenvalue weighted by atomic mass is 35.5. The fourth-order valence-electron chi connectivity index (χ4n) is 2.97. The minimum Gasteiger partial charge on any atom is -0.468 e. The van der Waals surface area contributed by atoms with Crippen LogP contribution in [-0.4, -0.2) is 36.0 Å². The van der Waals surface area contributed by atoms with Gasteiger partial charge in [0.05, 0.1) is 23.2 Å². The molecule has 4 nitrogen and oxygen atoms in total. The second-order valence-corrected chi connectivity index (χ2v) is 6.19. The van der Waals surface area contributed by atoms with Gasteiger partial charge in [-0.15, -0.1) is 0 Å². The normalized spacial score (nSPS) is 27.0. The van der Waals surface area contributed by atoms with E-state index in [1.807, 2.05) is 11.8 Å². The Bertz CT molecular complexity index is 601. The minimum atomic E-state index is -0.612. The number of benzene rings is 1. The predicted octanol–water partition coefficient (Wildman–Crippen LogP) is 2.86. The van der Waals surface area contributed by atoms with Gasteiger partial charge in [-0.2, -0.15) is 0 Å². The molecule has 0 aromatic heterocycles. The number of nitrogens with one attached hydrogen (secondary N) is 1. The minimum absolute atomic E-state index is 0.0930. The lowest BCUT2D eigenvalue weighted by atomic mass is 9.90. The Kier molecular flexibility index (Phi) is 3.71. The maximum Gasteiger partial charge on any atom is 0.184 e. The van der Waals surface area contributed by atoms with Crippen LogP contribution in [0.25, 0.3) is 0 Å². The first-order valence-corrected chi connectivity index (χ1v) is 7.49. The van der Waals surface area contributed by atoms with E-state index in [0.717, 1.165) is 0 Å². The molecule has 1 N–H and O–H groups in total. The van der Waals surface area contributed by atoms with Gasteiger partial charge in [-0.05, 0) is 31.3 Å². The monoisotopic (exact) mass is 330 g/mol. The molecule has 0 spiro atoms. The van der Waals surface area contributed by atoms with Crippen molar-refractivity contribution >= 4 is 28.9 Å². The first-order valence-electron chi connectivity index (χ1n) is 6.70. The zero-order valence-corrected chi connectivity index (χ0v) is 13.4. The lowest BCUT2D eigenvalue weighted by Crippen LogP contribution is -2.65. The predicted molar refractivity (Wildman–Crippen MR) is 82.1 cm³/mol. The first kappa shape index (κ1) is 14.8. The van der Waals surface area contributed by atoms with Crippen LogP contribution < -0.4 is 10.1 Å². The van der Waals surface area contributed by atoms with Crippen molar-refractivity contribution in [2.45, 2.75) is 25.1 Å². The molecule has 1 aromatic carbocycles. The summed E-state index contributed by atoms with van der Waals surface area (Å²) in [4.78, 5) is 1.94. The maximum absolute atomic E-state index is 14.3. The second-order valence-electron chi connectivity index (χ2n) is 5.40. The van der Waals surface area contributed by atoms with Crippen molar-refractivity contribution in [3.63, 3.8) is 0 Å². The smallest absolute Gasteiger partial charge is 0.184 e. The van der Waals surface area contributed by atoms with Gasteiger partial charge in [0.2, 0.25) is 0 Å². The Hall–Kier alpha value is -1.11. The van der Waals surface area contributed by atoms with Gasteiger partial charge in [-0.1, -0.05) is 11.6 Å². The molecule has 0 saturated carbocycles. The molecule has 114 valence electrons. The van der Waals surface area contributed by atoms with E-state index in [-0.39, 0.29) is 11.1 Å². The summed E-state index contributed by atoms with van der Waals surface area (Å²) in [7, 11) is 1.64. The quantitative estimate of drug-likeness (QED) is 0.862. The third-order valence-electron chi connectivity index (χ3n) is 3.99. The van der Waals surface area contributed by atoms with Crippen LogP contribution in [0.5, 0.6) is 5.75 Å². The van der Waals surface area contributed by atoms with Crippen molar-refractivity contribution in [3.8, 4) is 5.75 Å². The van der Waals surface area contributed by atoms with Gasteiger partial charge >= 0.3 is 0 Å². The molecule has 1 saturated heterocycles. The molecule has 21 heavy (non-hydrogen) atoms. The van der Waals surface area contributed by atoms with E-state index in [0.29, 0.717) is 36.0 Å². The molecule has 0 amide bonds. The summed E-state index contributed by atoms with van der Waals surface area (Å²) in [6.07, 6.45) is 0.584. The molecule has 3 rings (SSSR count). The van der Waals surface area contributed by atoms with E-state index in [1.165, 1.54) is 6.07 Å². The van der Waals surface area contributed by atoms with E-state index in [9.17, 15) is 4.39 Å². The van der Waals surface area contributed by atoms with E-state index in [2.05, 4.69) is 5.32 Å². The highest BCUT2D eigenvalue weighted by molar-refractivity contribution is 7.80. The summed E-state index contributed by atoms with van der Waals surface area (Å²) in [5, 5.41) is 3.81. The Labute approximate surface area is 133 Å². The topological polar surface area (TPSA) is 33.7 Å². The number of nitrogens with zero attached hydrogens (tertiary/aromatic N) is 1. The van der Waals surface area contributed by atoms with Gasteiger partial charge in [0.1, 0.15) is 5.75 Å². The van der Waals surface area contributed by atoms with Crippen molar-refractivity contribution in [1.29, 1.82) is 0 Å². The molecule has 1 aromatic rings. The van der Waals surface area contributed by atoms with Gasteiger partial charge in [-0.25, -0.2) is 4.39 Å². The maximum atomic E-state index is 14.3. The molecule has 2 bridgehead atoms. The van der Waals surface area contributed by atoms with E-state index in [4.69, 9.17) is 33.3 Å². The number of rotatable bonds is 3. The van der Waals surface area contributed by atoms with Gasteiger partial charge in [0.15, 0.2) is 16.7 Å².